The monoisotopic (exact) mass is 342 g/mol. The Hall–Kier alpha value is -1.60. The largest absolute Gasteiger partial charge is 0.477 e. The number of nitrogens with one attached hydrogen (secondary N) is 2. The predicted molar refractivity (Wildman–Crippen MR) is 77.2 cm³/mol. The molecule has 0 fully saturated rings. The van der Waals surface area contributed by atoms with Gasteiger partial charge in [-0.3, -0.25) is 4.79 Å². The summed E-state index contributed by atoms with van der Waals surface area (Å²) in [6.45, 7) is 3.62. The molecule has 2 aromatic heterocycles. The molecule has 0 bridgehead atoms. The maximum absolute atomic E-state index is 12.0. The molecule has 0 saturated carbocycles. The Balaban J connectivity index is 2.26. The Morgan fingerprint density at radius 3 is 2.58 bits per heavy atom. The number of aromatic amines is 1. The first-order valence-electron chi connectivity index (χ1n) is 5.38. The van der Waals surface area contributed by atoms with Gasteiger partial charge in [-0.15, -0.1) is 11.3 Å². The summed E-state index contributed by atoms with van der Waals surface area (Å²) in [6.07, 6.45) is 0. The Morgan fingerprint density at radius 2 is 2.05 bits per heavy atom. The Bertz CT molecular complexity index is 640. The topological polar surface area (TPSA) is 82.2 Å². The number of aromatic carboxylic acids is 1. The van der Waals surface area contributed by atoms with Gasteiger partial charge in [-0.25, -0.2) is 4.79 Å². The van der Waals surface area contributed by atoms with Crippen molar-refractivity contribution in [3.05, 3.63) is 37.7 Å². The predicted octanol–water partition coefficient (Wildman–Crippen LogP) is 3.41. The summed E-state index contributed by atoms with van der Waals surface area (Å²) < 4.78 is 0.890. The minimum atomic E-state index is -1.10. The second-order valence-corrected chi connectivity index (χ2v) is 6.44. The summed E-state index contributed by atoms with van der Waals surface area (Å²) in [5.74, 6) is -1.42. The van der Waals surface area contributed by atoms with Crippen molar-refractivity contribution in [2.24, 2.45) is 0 Å². The second kappa shape index (κ2) is 5.18. The molecule has 1 amide bonds. The fourth-order valence-corrected chi connectivity index (χ4v) is 3.04. The number of rotatable bonds is 3. The Labute approximate surface area is 121 Å². The number of halogens is 1. The lowest BCUT2D eigenvalue weighted by molar-refractivity contribution is 0.0692. The van der Waals surface area contributed by atoms with Crippen molar-refractivity contribution in [2.45, 2.75) is 13.8 Å². The number of hydrogen-bond acceptors (Lipinski definition) is 3. The van der Waals surface area contributed by atoms with Crippen molar-refractivity contribution in [1.29, 1.82) is 0 Å². The van der Waals surface area contributed by atoms with Gasteiger partial charge in [0.25, 0.3) is 5.91 Å². The van der Waals surface area contributed by atoms with Crippen LogP contribution in [0, 0.1) is 13.8 Å². The van der Waals surface area contributed by atoms with E-state index in [1.165, 1.54) is 11.3 Å². The highest BCUT2D eigenvalue weighted by Crippen LogP contribution is 2.28. The number of H-pyrrole nitrogens is 1. The van der Waals surface area contributed by atoms with Crippen LogP contribution in [-0.4, -0.2) is 22.0 Å². The first-order valence-corrected chi connectivity index (χ1v) is 6.99. The van der Waals surface area contributed by atoms with E-state index in [4.69, 9.17) is 5.11 Å². The zero-order valence-corrected chi connectivity index (χ0v) is 12.6. The van der Waals surface area contributed by atoms with Gasteiger partial charge in [0.2, 0.25) is 0 Å². The highest BCUT2D eigenvalue weighted by Gasteiger charge is 2.17. The zero-order valence-electron chi connectivity index (χ0n) is 10.2. The summed E-state index contributed by atoms with van der Waals surface area (Å²) in [7, 11) is 0. The van der Waals surface area contributed by atoms with Crippen molar-refractivity contribution in [3.63, 3.8) is 0 Å². The molecule has 7 heteroatoms. The normalized spacial score (nSPS) is 10.5. The number of carbonyl (C=O) groups excluding carboxylic acids is 1. The average Bonchev–Trinajstić information content (AvgIpc) is 2.83. The van der Waals surface area contributed by atoms with Gasteiger partial charge in [0, 0.05) is 5.69 Å². The van der Waals surface area contributed by atoms with Crippen LogP contribution in [0.15, 0.2) is 15.9 Å². The molecule has 0 aliphatic heterocycles. The van der Waals surface area contributed by atoms with Crippen LogP contribution in [-0.2, 0) is 0 Å². The first kappa shape index (κ1) is 13.8. The van der Waals surface area contributed by atoms with Gasteiger partial charge in [0.05, 0.1) is 14.4 Å². The van der Waals surface area contributed by atoms with Crippen LogP contribution in [0.2, 0.25) is 0 Å². The molecular weight excluding hydrogens is 332 g/mol. The van der Waals surface area contributed by atoms with Gasteiger partial charge in [0.15, 0.2) is 0 Å². The molecule has 5 nitrogen and oxygen atoms in total. The highest BCUT2D eigenvalue weighted by atomic mass is 79.9. The number of aryl methyl sites for hydroxylation is 2. The van der Waals surface area contributed by atoms with Crippen LogP contribution in [0.25, 0.3) is 0 Å². The molecule has 0 unspecified atom stereocenters. The van der Waals surface area contributed by atoms with E-state index in [1.54, 1.807) is 19.1 Å². The Morgan fingerprint density at radius 1 is 1.37 bits per heavy atom. The van der Waals surface area contributed by atoms with Crippen molar-refractivity contribution in [2.75, 3.05) is 5.32 Å². The molecule has 3 N–H and O–H groups in total. The molecule has 0 aliphatic rings. The fraction of sp³-hybridized carbons (Fsp3) is 0.167. The quantitative estimate of drug-likeness (QED) is 0.799. The van der Waals surface area contributed by atoms with E-state index in [1.807, 2.05) is 6.92 Å². The number of carboxylic acid groups (broad SMARTS) is 1. The van der Waals surface area contributed by atoms with Crippen molar-refractivity contribution >= 4 is 44.8 Å². The molecule has 0 aliphatic carbocycles. The molecule has 0 spiro atoms. The van der Waals surface area contributed by atoms with Gasteiger partial charge in [0.1, 0.15) is 5.69 Å². The number of hydrogen-bond donors (Lipinski definition) is 3. The second-order valence-electron chi connectivity index (χ2n) is 4.07. The van der Waals surface area contributed by atoms with Crippen LogP contribution in [0.3, 0.4) is 0 Å². The molecule has 100 valence electrons. The van der Waals surface area contributed by atoms with E-state index in [0.29, 0.717) is 10.6 Å². The van der Waals surface area contributed by atoms with Crippen LogP contribution >= 0.6 is 27.3 Å². The van der Waals surface area contributed by atoms with E-state index in [-0.39, 0.29) is 17.3 Å². The summed E-state index contributed by atoms with van der Waals surface area (Å²) in [4.78, 5) is 26.3. The lowest BCUT2D eigenvalue weighted by atomic mass is 10.3. The smallest absolute Gasteiger partial charge is 0.354 e. The third-order valence-electron chi connectivity index (χ3n) is 2.50. The molecule has 2 aromatic rings. The minimum Gasteiger partial charge on any atom is -0.477 e. The van der Waals surface area contributed by atoms with Gasteiger partial charge in [-0.05, 0) is 47.5 Å². The maximum Gasteiger partial charge on any atom is 0.354 e. The molecule has 0 aromatic carbocycles. The van der Waals surface area contributed by atoms with Crippen molar-refractivity contribution in [3.8, 4) is 0 Å². The lowest BCUT2D eigenvalue weighted by Crippen LogP contribution is -2.12. The molecule has 19 heavy (non-hydrogen) atoms. The summed E-state index contributed by atoms with van der Waals surface area (Å²) >= 11 is 4.66. The third kappa shape index (κ3) is 2.87. The van der Waals surface area contributed by atoms with Crippen LogP contribution in [0.1, 0.15) is 31.4 Å². The lowest BCUT2D eigenvalue weighted by Gasteiger charge is -2.02. The standard InChI is InChI=1S/C12H11BrN2O3S/c1-5-3-8(19-10(5)13)11(16)15-7-4-6(2)14-9(7)12(17)18/h3-4,14H,1-2H3,(H,15,16)(H,17,18). The van der Waals surface area contributed by atoms with E-state index in [2.05, 4.69) is 26.2 Å². The molecular formula is C12H11BrN2O3S. The van der Waals surface area contributed by atoms with Crippen molar-refractivity contribution < 1.29 is 14.7 Å². The van der Waals surface area contributed by atoms with Crippen molar-refractivity contribution in [1.82, 2.24) is 4.98 Å². The van der Waals surface area contributed by atoms with Crippen LogP contribution < -0.4 is 5.32 Å². The maximum atomic E-state index is 12.0. The van der Waals surface area contributed by atoms with Gasteiger partial charge in [-0.2, -0.15) is 0 Å². The van der Waals surface area contributed by atoms with Crippen LogP contribution in [0.5, 0.6) is 0 Å². The molecule has 2 heterocycles. The fourth-order valence-electron chi connectivity index (χ4n) is 1.61. The SMILES string of the molecule is Cc1cc(NC(=O)c2cc(C)c(Br)s2)c(C(=O)O)[nH]1. The average molecular weight is 343 g/mol. The Kier molecular flexibility index (Phi) is 3.77. The molecule has 0 atom stereocenters. The number of aromatic nitrogens is 1. The number of carbonyl (C=O) groups is 2. The van der Waals surface area contributed by atoms with Gasteiger partial charge >= 0.3 is 5.97 Å². The van der Waals surface area contributed by atoms with E-state index in [9.17, 15) is 9.59 Å². The first-order chi connectivity index (χ1) is 8.88. The minimum absolute atomic E-state index is 0.0156. The number of amides is 1. The molecule has 2 rings (SSSR count). The van der Waals surface area contributed by atoms with Gasteiger partial charge < -0.3 is 15.4 Å². The molecule has 0 saturated heterocycles. The highest BCUT2D eigenvalue weighted by molar-refractivity contribution is 9.11. The third-order valence-corrected chi connectivity index (χ3v) is 4.63. The number of anilines is 1. The van der Waals surface area contributed by atoms with E-state index in [0.717, 1.165) is 9.35 Å². The van der Waals surface area contributed by atoms with E-state index >= 15 is 0 Å². The number of thiophene rings is 1. The summed E-state index contributed by atoms with van der Waals surface area (Å²) in [6, 6.07) is 3.35. The summed E-state index contributed by atoms with van der Waals surface area (Å²) in [5, 5.41) is 11.6. The van der Waals surface area contributed by atoms with Crippen LogP contribution in [0.4, 0.5) is 5.69 Å². The summed E-state index contributed by atoms with van der Waals surface area (Å²) in [5.41, 5.74) is 1.91. The van der Waals surface area contributed by atoms with Gasteiger partial charge in [-0.1, -0.05) is 0 Å². The molecule has 0 radical (unpaired) electrons. The van der Waals surface area contributed by atoms with E-state index < -0.39 is 5.97 Å². The zero-order chi connectivity index (χ0) is 14.2. The number of carboxylic acids is 1.